The normalized spacial score (nSPS) is 16.6. The average Bonchev–Trinajstić information content (AvgIpc) is 3.05. The quantitative estimate of drug-likeness (QED) is 0.508. The first-order valence-corrected chi connectivity index (χ1v) is 13.1. The number of hydrogen-bond acceptors (Lipinski definition) is 4. The Labute approximate surface area is 204 Å². The highest BCUT2D eigenvalue weighted by Crippen LogP contribution is 2.38. The van der Waals surface area contributed by atoms with Gasteiger partial charge in [0.05, 0.1) is 16.3 Å². The van der Waals surface area contributed by atoms with Crippen LogP contribution in [0.3, 0.4) is 0 Å². The SMILES string of the molecule is O=C(Nc1ccccc1Cc1ccccc1)c1cc2c(cc1Cl)N1CCCCCC1=NS2(=O)=O. The molecule has 0 aromatic heterocycles. The number of amides is 1. The van der Waals surface area contributed by atoms with Gasteiger partial charge in [-0.05, 0) is 48.6 Å². The van der Waals surface area contributed by atoms with E-state index in [0.29, 0.717) is 36.6 Å². The highest BCUT2D eigenvalue weighted by atomic mass is 35.5. The number of hydrogen-bond donors (Lipinski definition) is 1. The molecule has 3 aromatic rings. The van der Waals surface area contributed by atoms with Crippen LogP contribution in [0.4, 0.5) is 11.4 Å². The molecule has 2 heterocycles. The summed E-state index contributed by atoms with van der Waals surface area (Å²) in [5.41, 5.74) is 3.32. The third kappa shape index (κ3) is 4.45. The van der Waals surface area contributed by atoms with Crippen molar-refractivity contribution >= 4 is 44.7 Å². The van der Waals surface area contributed by atoms with Crippen LogP contribution in [0.25, 0.3) is 0 Å². The largest absolute Gasteiger partial charge is 0.328 e. The van der Waals surface area contributed by atoms with Gasteiger partial charge in [-0.1, -0.05) is 66.6 Å². The van der Waals surface area contributed by atoms with E-state index in [1.807, 2.05) is 59.5 Å². The van der Waals surface area contributed by atoms with E-state index in [1.165, 1.54) is 6.07 Å². The predicted octanol–water partition coefficient (Wildman–Crippen LogP) is 5.66. The van der Waals surface area contributed by atoms with Gasteiger partial charge in [-0.25, -0.2) is 0 Å². The lowest BCUT2D eigenvalue weighted by atomic mass is 10.0. The Balaban J connectivity index is 1.47. The van der Waals surface area contributed by atoms with Gasteiger partial charge in [0, 0.05) is 18.7 Å². The molecule has 0 atom stereocenters. The zero-order valence-corrected chi connectivity index (χ0v) is 20.1. The lowest BCUT2D eigenvalue weighted by Crippen LogP contribution is -2.35. The number of fused-ring (bicyclic) bond motifs is 3. The molecular weight excluding hydrogens is 470 g/mol. The van der Waals surface area contributed by atoms with Crippen LogP contribution in [-0.4, -0.2) is 26.7 Å². The highest BCUT2D eigenvalue weighted by molar-refractivity contribution is 7.90. The number of nitrogens with one attached hydrogen (secondary N) is 1. The van der Waals surface area contributed by atoms with Crippen molar-refractivity contribution < 1.29 is 13.2 Å². The molecule has 6 nitrogen and oxygen atoms in total. The number of halogens is 1. The van der Waals surface area contributed by atoms with Gasteiger partial charge in [0.2, 0.25) is 0 Å². The van der Waals surface area contributed by atoms with Crippen LogP contribution in [0.5, 0.6) is 0 Å². The van der Waals surface area contributed by atoms with E-state index in [0.717, 1.165) is 30.4 Å². The molecule has 0 spiro atoms. The molecule has 0 bridgehead atoms. The summed E-state index contributed by atoms with van der Waals surface area (Å²) in [6.45, 7) is 0.677. The first-order valence-electron chi connectivity index (χ1n) is 11.3. The number of nitrogens with zero attached hydrogens (tertiary/aromatic N) is 2. The lowest BCUT2D eigenvalue weighted by Gasteiger charge is -2.30. The minimum Gasteiger partial charge on any atom is -0.328 e. The molecule has 2 aliphatic heterocycles. The molecular formula is C26H24ClN3O3S. The third-order valence-electron chi connectivity index (χ3n) is 6.18. The van der Waals surface area contributed by atoms with Crippen LogP contribution in [0.15, 0.2) is 76.0 Å². The van der Waals surface area contributed by atoms with Crippen molar-refractivity contribution in [1.82, 2.24) is 0 Å². The van der Waals surface area contributed by atoms with Crippen molar-refractivity contribution in [2.45, 2.75) is 37.0 Å². The second-order valence-corrected chi connectivity index (χ2v) is 10.5. The summed E-state index contributed by atoms with van der Waals surface area (Å²) in [6.07, 6.45) is 4.11. The Morgan fingerprint density at radius 1 is 1.00 bits per heavy atom. The lowest BCUT2D eigenvalue weighted by molar-refractivity contribution is 0.102. The Morgan fingerprint density at radius 3 is 2.59 bits per heavy atom. The number of para-hydroxylation sites is 1. The van der Waals surface area contributed by atoms with Crippen LogP contribution in [-0.2, 0) is 16.4 Å². The van der Waals surface area contributed by atoms with Gasteiger partial charge in [0.15, 0.2) is 0 Å². The average molecular weight is 494 g/mol. The molecule has 8 heteroatoms. The minimum atomic E-state index is -3.92. The molecule has 0 radical (unpaired) electrons. The standard InChI is InChI=1S/C26H24ClN3O3S/c27-21-17-23-24(34(32,33)29-25-13-5-2-8-14-30(23)25)16-20(21)26(31)28-22-12-7-6-11-19(22)15-18-9-3-1-4-10-18/h1,3-4,6-7,9-12,16-17H,2,5,8,13-15H2,(H,28,31). The van der Waals surface area contributed by atoms with Gasteiger partial charge in [-0.2, -0.15) is 8.42 Å². The van der Waals surface area contributed by atoms with Gasteiger partial charge >= 0.3 is 0 Å². The number of carbonyl (C=O) groups is 1. The molecule has 1 amide bonds. The van der Waals surface area contributed by atoms with E-state index in [1.54, 1.807) is 6.07 Å². The van der Waals surface area contributed by atoms with Gasteiger partial charge in [-0.15, -0.1) is 4.40 Å². The number of benzene rings is 3. The first-order chi connectivity index (χ1) is 16.4. The first kappa shape index (κ1) is 22.6. The van der Waals surface area contributed by atoms with Crippen molar-refractivity contribution in [3.63, 3.8) is 0 Å². The number of amidine groups is 1. The molecule has 1 fully saturated rings. The van der Waals surface area contributed by atoms with Gasteiger partial charge in [0.25, 0.3) is 15.9 Å². The number of carbonyl (C=O) groups excluding carboxylic acids is 1. The van der Waals surface area contributed by atoms with Crippen molar-refractivity contribution in [2.24, 2.45) is 4.40 Å². The maximum atomic E-state index is 13.2. The van der Waals surface area contributed by atoms with Crippen molar-refractivity contribution in [2.75, 3.05) is 16.8 Å². The topological polar surface area (TPSA) is 78.8 Å². The van der Waals surface area contributed by atoms with Crippen LogP contribution in [0.2, 0.25) is 5.02 Å². The summed E-state index contributed by atoms with van der Waals surface area (Å²) in [6, 6.07) is 20.5. The summed E-state index contributed by atoms with van der Waals surface area (Å²) in [5.74, 6) is 0.0854. The van der Waals surface area contributed by atoms with Crippen LogP contribution < -0.4 is 10.2 Å². The number of sulfonamides is 1. The van der Waals surface area contributed by atoms with E-state index >= 15 is 0 Å². The molecule has 1 saturated heterocycles. The molecule has 2 aliphatic rings. The summed E-state index contributed by atoms with van der Waals surface area (Å²) >= 11 is 6.53. The molecule has 3 aromatic carbocycles. The van der Waals surface area contributed by atoms with Gasteiger partial charge in [0.1, 0.15) is 10.7 Å². The Kier molecular flexibility index (Phi) is 6.15. The monoisotopic (exact) mass is 493 g/mol. The molecule has 0 aliphatic carbocycles. The van der Waals surface area contributed by atoms with Crippen molar-refractivity contribution in [3.05, 3.63) is 88.4 Å². The van der Waals surface area contributed by atoms with E-state index in [9.17, 15) is 13.2 Å². The minimum absolute atomic E-state index is 0.0188. The smallest absolute Gasteiger partial charge is 0.286 e. The maximum Gasteiger partial charge on any atom is 0.286 e. The Bertz CT molecular complexity index is 1390. The van der Waals surface area contributed by atoms with Crippen molar-refractivity contribution in [3.8, 4) is 0 Å². The third-order valence-corrected chi connectivity index (χ3v) is 7.83. The Morgan fingerprint density at radius 2 is 1.76 bits per heavy atom. The van der Waals surface area contributed by atoms with E-state index < -0.39 is 15.9 Å². The van der Waals surface area contributed by atoms with Crippen LogP contribution in [0, 0.1) is 0 Å². The molecule has 0 unspecified atom stereocenters. The second-order valence-electron chi connectivity index (χ2n) is 8.52. The zero-order valence-electron chi connectivity index (χ0n) is 18.5. The fraction of sp³-hybridized carbons (Fsp3) is 0.231. The molecule has 34 heavy (non-hydrogen) atoms. The Hall–Kier alpha value is -3.16. The predicted molar refractivity (Wildman–Crippen MR) is 136 cm³/mol. The number of anilines is 2. The van der Waals surface area contributed by atoms with Gasteiger partial charge in [-0.3, -0.25) is 4.79 Å². The summed E-state index contributed by atoms with van der Waals surface area (Å²) in [4.78, 5) is 15.2. The summed E-state index contributed by atoms with van der Waals surface area (Å²) in [5, 5.41) is 3.13. The molecule has 5 rings (SSSR count). The molecule has 0 saturated carbocycles. The second kappa shape index (κ2) is 9.24. The van der Waals surface area contributed by atoms with Crippen LogP contribution >= 0.6 is 11.6 Å². The molecule has 174 valence electrons. The fourth-order valence-corrected chi connectivity index (χ4v) is 5.98. The van der Waals surface area contributed by atoms with E-state index in [2.05, 4.69) is 9.71 Å². The maximum absolute atomic E-state index is 13.2. The van der Waals surface area contributed by atoms with Gasteiger partial charge < -0.3 is 10.2 Å². The molecule has 1 N–H and O–H groups in total. The van der Waals surface area contributed by atoms with E-state index in [-0.39, 0.29) is 15.5 Å². The van der Waals surface area contributed by atoms with Crippen LogP contribution in [0.1, 0.15) is 47.2 Å². The summed E-state index contributed by atoms with van der Waals surface area (Å²) in [7, 11) is -3.92. The number of rotatable bonds is 4. The van der Waals surface area contributed by atoms with Crippen molar-refractivity contribution in [1.29, 1.82) is 0 Å². The highest BCUT2D eigenvalue weighted by Gasteiger charge is 2.33. The summed E-state index contributed by atoms with van der Waals surface area (Å²) < 4.78 is 30.0. The zero-order chi connectivity index (χ0) is 23.7. The van der Waals surface area contributed by atoms with E-state index in [4.69, 9.17) is 11.6 Å². The fourth-order valence-electron chi connectivity index (χ4n) is 4.47.